The van der Waals surface area contributed by atoms with Gasteiger partial charge in [0.25, 0.3) is 5.91 Å². The maximum atomic E-state index is 12.1. The topological polar surface area (TPSA) is 60.5 Å². The summed E-state index contributed by atoms with van der Waals surface area (Å²) in [6.45, 7) is 0.535. The first-order valence-corrected chi connectivity index (χ1v) is 6.88. The highest BCUT2D eigenvalue weighted by atomic mass is 35.5. The van der Waals surface area contributed by atoms with Gasteiger partial charge in [-0.1, -0.05) is 29.3 Å². The van der Waals surface area contributed by atoms with Gasteiger partial charge >= 0.3 is 0 Å². The van der Waals surface area contributed by atoms with Gasteiger partial charge in [-0.3, -0.25) is 4.79 Å². The number of amides is 1. The highest BCUT2D eigenvalue weighted by Gasteiger charge is 2.15. The number of pyridine rings is 1. The number of benzene rings is 1. The van der Waals surface area contributed by atoms with Crippen molar-refractivity contribution in [2.24, 2.45) is 0 Å². The Kier molecular flexibility index (Phi) is 3.86. The molecule has 3 rings (SSSR count). The summed E-state index contributed by atoms with van der Waals surface area (Å²) < 4.78 is 10.5. The minimum absolute atomic E-state index is 0.102. The van der Waals surface area contributed by atoms with Crippen LogP contribution in [0.3, 0.4) is 0 Å². The zero-order valence-corrected chi connectivity index (χ0v) is 12.2. The number of rotatable bonds is 3. The van der Waals surface area contributed by atoms with Gasteiger partial charge in [0.05, 0.1) is 5.02 Å². The van der Waals surface area contributed by atoms with Crippen LogP contribution < -0.4 is 14.8 Å². The molecule has 0 radical (unpaired) electrons. The van der Waals surface area contributed by atoms with Crippen LogP contribution in [0.2, 0.25) is 10.2 Å². The average molecular weight is 325 g/mol. The summed E-state index contributed by atoms with van der Waals surface area (Å²) in [7, 11) is 0. The summed E-state index contributed by atoms with van der Waals surface area (Å²) in [4.78, 5) is 16.0. The maximum Gasteiger partial charge on any atom is 0.271 e. The summed E-state index contributed by atoms with van der Waals surface area (Å²) in [6.07, 6.45) is 0. The number of aromatic nitrogens is 1. The highest BCUT2D eigenvalue weighted by Crippen LogP contribution is 2.32. The van der Waals surface area contributed by atoms with Crippen LogP contribution in [0.15, 0.2) is 30.3 Å². The monoisotopic (exact) mass is 324 g/mol. The third-order valence-corrected chi connectivity index (χ3v) is 3.43. The minimum Gasteiger partial charge on any atom is -0.454 e. The number of ether oxygens (including phenoxy) is 2. The van der Waals surface area contributed by atoms with Crippen LogP contribution in [0.4, 0.5) is 0 Å². The van der Waals surface area contributed by atoms with Gasteiger partial charge in [-0.25, -0.2) is 4.98 Å². The highest BCUT2D eigenvalue weighted by molar-refractivity contribution is 6.34. The lowest BCUT2D eigenvalue weighted by Crippen LogP contribution is -2.24. The number of carbonyl (C=O) groups excluding carboxylic acids is 1. The van der Waals surface area contributed by atoms with Gasteiger partial charge in [0, 0.05) is 6.54 Å². The molecular formula is C14H10Cl2N2O3. The fraction of sp³-hybridized carbons (Fsp3) is 0.143. The third kappa shape index (κ3) is 3.04. The van der Waals surface area contributed by atoms with E-state index in [0.717, 1.165) is 5.56 Å². The second kappa shape index (κ2) is 5.79. The van der Waals surface area contributed by atoms with Gasteiger partial charge in [-0.05, 0) is 29.8 Å². The zero-order valence-electron chi connectivity index (χ0n) is 10.7. The molecule has 0 spiro atoms. The Balaban J connectivity index is 1.70. The number of hydrogen-bond acceptors (Lipinski definition) is 4. The van der Waals surface area contributed by atoms with Crippen LogP contribution in [0.25, 0.3) is 0 Å². The van der Waals surface area contributed by atoms with E-state index < -0.39 is 0 Å². The third-order valence-electron chi connectivity index (χ3n) is 2.92. The van der Waals surface area contributed by atoms with E-state index in [4.69, 9.17) is 32.7 Å². The molecule has 0 saturated heterocycles. The Bertz CT molecular complexity index is 707. The van der Waals surface area contributed by atoms with Gasteiger partial charge in [0.1, 0.15) is 10.8 Å². The first-order chi connectivity index (χ1) is 10.1. The first-order valence-electron chi connectivity index (χ1n) is 6.12. The summed E-state index contributed by atoms with van der Waals surface area (Å²) >= 11 is 11.7. The average Bonchev–Trinajstić information content (AvgIpc) is 2.94. The van der Waals surface area contributed by atoms with Gasteiger partial charge in [-0.2, -0.15) is 0 Å². The number of carbonyl (C=O) groups is 1. The van der Waals surface area contributed by atoms with Crippen molar-refractivity contribution in [2.45, 2.75) is 6.54 Å². The Labute approximate surface area is 130 Å². The summed E-state index contributed by atoms with van der Waals surface area (Å²) in [5.41, 5.74) is 0.982. The summed E-state index contributed by atoms with van der Waals surface area (Å²) in [5, 5.41) is 3.20. The molecule has 5 nitrogen and oxygen atoms in total. The molecule has 0 bridgehead atoms. The van der Waals surface area contributed by atoms with E-state index in [9.17, 15) is 4.79 Å². The van der Waals surface area contributed by atoms with E-state index >= 15 is 0 Å². The maximum absolute atomic E-state index is 12.1. The van der Waals surface area contributed by atoms with Crippen molar-refractivity contribution in [3.8, 4) is 11.5 Å². The molecule has 1 amide bonds. The Morgan fingerprint density at radius 2 is 2.00 bits per heavy atom. The van der Waals surface area contributed by atoms with Crippen molar-refractivity contribution >= 4 is 29.1 Å². The number of fused-ring (bicyclic) bond motifs is 1. The van der Waals surface area contributed by atoms with Crippen LogP contribution in [0, 0.1) is 0 Å². The number of nitrogens with zero attached hydrogens (tertiary/aromatic N) is 1. The Morgan fingerprint density at radius 1 is 1.19 bits per heavy atom. The molecule has 1 aromatic carbocycles. The van der Waals surface area contributed by atoms with E-state index in [-0.39, 0.29) is 28.6 Å². The van der Waals surface area contributed by atoms with Crippen molar-refractivity contribution in [3.05, 3.63) is 51.8 Å². The lowest BCUT2D eigenvalue weighted by molar-refractivity contribution is 0.0946. The van der Waals surface area contributed by atoms with Crippen LogP contribution >= 0.6 is 23.2 Å². The quantitative estimate of drug-likeness (QED) is 0.881. The molecule has 2 heterocycles. The molecule has 21 heavy (non-hydrogen) atoms. The van der Waals surface area contributed by atoms with Crippen molar-refractivity contribution in [1.29, 1.82) is 0 Å². The van der Waals surface area contributed by atoms with E-state index in [1.165, 1.54) is 12.1 Å². The molecule has 0 atom stereocenters. The fourth-order valence-electron chi connectivity index (χ4n) is 1.89. The predicted molar refractivity (Wildman–Crippen MR) is 78.0 cm³/mol. The summed E-state index contributed by atoms with van der Waals surface area (Å²) in [5.74, 6) is 0.977. The smallest absolute Gasteiger partial charge is 0.271 e. The molecule has 0 saturated carbocycles. The largest absolute Gasteiger partial charge is 0.454 e. The van der Waals surface area contributed by atoms with Crippen molar-refractivity contribution < 1.29 is 14.3 Å². The van der Waals surface area contributed by atoms with Crippen molar-refractivity contribution in [3.63, 3.8) is 0 Å². The van der Waals surface area contributed by atoms with Crippen LogP contribution in [-0.2, 0) is 6.54 Å². The number of nitrogens with one attached hydrogen (secondary N) is 1. The molecule has 0 fully saturated rings. The molecule has 2 aromatic rings. The van der Waals surface area contributed by atoms with E-state index in [0.29, 0.717) is 18.0 Å². The normalized spacial score (nSPS) is 12.3. The van der Waals surface area contributed by atoms with Crippen LogP contribution in [-0.4, -0.2) is 17.7 Å². The Hall–Kier alpha value is -1.98. The van der Waals surface area contributed by atoms with E-state index in [1.54, 1.807) is 6.07 Å². The molecule has 1 N–H and O–H groups in total. The standard InChI is InChI=1S/C14H10Cl2N2O3/c15-9-2-4-12(16)18-13(9)14(19)17-6-8-1-3-10-11(5-8)21-7-20-10/h1-5H,6-7H2,(H,17,19). The van der Waals surface area contributed by atoms with E-state index in [1.807, 2.05) is 12.1 Å². The second-order valence-electron chi connectivity index (χ2n) is 4.33. The molecule has 1 aliphatic heterocycles. The zero-order chi connectivity index (χ0) is 14.8. The molecule has 108 valence electrons. The van der Waals surface area contributed by atoms with Gasteiger partial charge in [0.2, 0.25) is 6.79 Å². The lowest BCUT2D eigenvalue weighted by Gasteiger charge is -2.07. The van der Waals surface area contributed by atoms with Crippen LogP contribution in [0.1, 0.15) is 16.1 Å². The van der Waals surface area contributed by atoms with Crippen LogP contribution in [0.5, 0.6) is 11.5 Å². The predicted octanol–water partition coefficient (Wildman–Crippen LogP) is 3.05. The second-order valence-corrected chi connectivity index (χ2v) is 5.13. The Morgan fingerprint density at radius 3 is 2.86 bits per heavy atom. The first kappa shape index (κ1) is 14.0. The molecule has 0 aliphatic carbocycles. The summed E-state index contributed by atoms with van der Waals surface area (Å²) in [6, 6.07) is 8.52. The van der Waals surface area contributed by atoms with Crippen molar-refractivity contribution in [2.75, 3.05) is 6.79 Å². The number of halogens is 2. The molecule has 1 aliphatic rings. The van der Waals surface area contributed by atoms with Gasteiger partial charge < -0.3 is 14.8 Å². The molecule has 7 heteroatoms. The fourth-order valence-corrected chi connectivity index (χ4v) is 2.23. The molecule has 0 unspecified atom stereocenters. The van der Waals surface area contributed by atoms with Gasteiger partial charge in [-0.15, -0.1) is 0 Å². The minimum atomic E-state index is -0.389. The van der Waals surface area contributed by atoms with Crippen molar-refractivity contribution in [1.82, 2.24) is 10.3 Å². The lowest BCUT2D eigenvalue weighted by atomic mass is 10.2. The number of hydrogen-bond donors (Lipinski definition) is 1. The molecular weight excluding hydrogens is 315 g/mol. The SMILES string of the molecule is O=C(NCc1ccc2c(c1)OCO2)c1nc(Cl)ccc1Cl. The van der Waals surface area contributed by atoms with Gasteiger partial charge in [0.15, 0.2) is 11.5 Å². The van der Waals surface area contributed by atoms with E-state index in [2.05, 4.69) is 10.3 Å². The molecule has 1 aromatic heterocycles.